The van der Waals surface area contributed by atoms with E-state index >= 15 is 0 Å². The van der Waals surface area contributed by atoms with Crippen LogP contribution in [0.2, 0.25) is 0 Å². The van der Waals surface area contributed by atoms with Crippen LogP contribution in [0.3, 0.4) is 0 Å². The van der Waals surface area contributed by atoms with Crippen LogP contribution in [0, 0.1) is 0 Å². The lowest BCUT2D eigenvalue weighted by Crippen LogP contribution is -2.65. The van der Waals surface area contributed by atoms with Crippen molar-refractivity contribution in [3.8, 4) is 0 Å². The van der Waals surface area contributed by atoms with Gasteiger partial charge in [0.05, 0.1) is 32.0 Å². The molecule has 2 rings (SSSR count). The molecule has 12 atom stereocenters. The van der Waals surface area contributed by atoms with E-state index < -0.39 is 86.8 Å². The van der Waals surface area contributed by atoms with Crippen LogP contribution < -0.4 is 5.32 Å². The number of nitrogens with one attached hydrogen (secondary N) is 1. The van der Waals surface area contributed by atoms with E-state index in [-0.39, 0.29) is 18.9 Å². The van der Waals surface area contributed by atoms with Gasteiger partial charge in [0.15, 0.2) is 12.6 Å². The van der Waals surface area contributed by atoms with Gasteiger partial charge in [-0.05, 0) is 19.3 Å². The predicted molar refractivity (Wildman–Crippen MR) is 249 cm³/mol. The van der Waals surface area contributed by atoms with E-state index in [1.165, 1.54) is 141 Å². The summed E-state index contributed by atoms with van der Waals surface area (Å²) < 4.78 is 22.7. The molecule has 0 aromatic carbocycles. The van der Waals surface area contributed by atoms with E-state index in [4.69, 9.17) is 18.9 Å². The quantitative estimate of drug-likeness (QED) is 0.0229. The summed E-state index contributed by atoms with van der Waals surface area (Å²) in [5.41, 5.74) is 0. The van der Waals surface area contributed by atoms with E-state index in [1.54, 1.807) is 6.08 Å². The molecular formula is C50H95NO13. The topological polar surface area (TPSA) is 228 Å². The van der Waals surface area contributed by atoms with E-state index in [9.17, 15) is 45.6 Å². The summed E-state index contributed by atoms with van der Waals surface area (Å²) >= 11 is 0. The molecule has 2 saturated heterocycles. The second kappa shape index (κ2) is 37.7. The fraction of sp³-hybridized carbons (Fsp3) is 0.940. The number of rotatable bonds is 40. The van der Waals surface area contributed by atoms with Crippen molar-refractivity contribution in [3.63, 3.8) is 0 Å². The van der Waals surface area contributed by atoms with Crippen LogP contribution in [-0.4, -0.2) is 140 Å². The number of hydrogen-bond acceptors (Lipinski definition) is 13. The minimum atomic E-state index is -1.78. The molecule has 0 aliphatic carbocycles. The minimum absolute atomic E-state index is 0.237. The number of hydrogen-bond donors (Lipinski definition) is 9. The molecule has 0 aromatic heterocycles. The van der Waals surface area contributed by atoms with Gasteiger partial charge in [0.2, 0.25) is 5.91 Å². The highest BCUT2D eigenvalue weighted by Gasteiger charge is 2.51. The monoisotopic (exact) mass is 918 g/mol. The number of allylic oxidation sites excluding steroid dienone is 1. The van der Waals surface area contributed by atoms with Crippen molar-refractivity contribution in [3.05, 3.63) is 12.2 Å². The highest BCUT2D eigenvalue weighted by Crippen LogP contribution is 2.30. The van der Waals surface area contributed by atoms with Crippen molar-refractivity contribution in [2.24, 2.45) is 0 Å². The smallest absolute Gasteiger partial charge is 0.220 e. The van der Waals surface area contributed by atoms with Crippen LogP contribution in [-0.2, 0) is 23.7 Å². The maximum absolute atomic E-state index is 13.2. The normalized spacial score (nSPS) is 27.3. The van der Waals surface area contributed by atoms with Gasteiger partial charge < -0.3 is 65.1 Å². The summed E-state index contributed by atoms with van der Waals surface area (Å²) in [7, 11) is 0. The molecule has 64 heavy (non-hydrogen) atoms. The first-order valence-corrected chi connectivity index (χ1v) is 25.9. The standard InChI is InChI=1S/C50H95NO13/c1-3-5-7-9-11-13-15-17-19-21-23-25-27-29-31-33-39(54)38(51-42(55)34-32-30-28-26-24-22-20-18-16-14-12-10-8-6-4-2)37-61-49-47(60)45(58)48(41(36-53)63-49)64-50-46(59)44(57)43(56)40(35-52)62-50/h31,33,38-41,43-50,52-54,56-60H,3-30,32,34-37H2,1-2H3,(H,51,55)/b33-31+/t38-,39-,40-,41-,43+,44+,45-,46-,47-,48-,49-,50+/m1/s1. The number of aliphatic hydroxyl groups excluding tert-OH is 8. The van der Waals surface area contributed by atoms with Crippen LogP contribution in [0.25, 0.3) is 0 Å². The number of carbonyl (C=O) groups is 1. The lowest BCUT2D eigenvalue weighted by atomic mass is 9.97. The highest BCUT2D eigenvalue weighted by atomic mass is 16.7. The SMILES string of the molecule is CCCCCCCCCCCCCCC/C=C/[C@@H](O)[C@@H](CO[C@@H]1O[C@H](CO)[C@@H](O[C@@H]2O[C@H](CO)[C@H](O)[C@H](O)[C@H]2O)[C@H](O)[C@H]1O)NC(=O)CCCCCCCCCCCCCCCCC. The Kier molecular flexibility index (Phi) is 34.7. The lowest BCUT2D eigenvalue weighted by Gasteiger charge is -2.46. The average Bonchev–Trinajstić information content (AvgIpc) is 3.29. The first kappa shape index (κ1) is 58.9. The summed E-state index contributed by atoms with van der Waals surface area (Å²) in [5, 5.41) is 86.7. The Balaban J connectivity index is 1.85. The maximum Gasteiger partial charge on any atom is 0.220 e. The highest BCUT2D eigenvalue weighted by molar-refractivity contribution is 5.76. The van der Waals surface area contributed by atoms with Gasteiger partial charge in [-0.1, -0.05) is 193 Å². The third kappa shape index (κ3) is 24.7. The largest absolute Gasteiger partial charge is 0.394 e. The fourth-order valence-electron chi connectivity index (χ4n) is 8.70. The van der Waals surface area contributed by atoms with Gasteiger partial charge in [0.1, 0.15) is 48.8 Å². The number of unbranched alkanes of at least 4 members (excludes halogenated alkanes) is 27. The molecule has 2 heterocycles. The van der Waals surface area contributed by atoms with Crippen LogP contribution >= 0.6 is 0 Å². The predicted octanol–water partition coefficient (Wildman–Crippen LogP) is 6.77. The Morgan fingerprint density at radius 2 is 0.969 bits per heavy atom. The fourth-order valence-corrected chi connectivity index (χ4v) is 8.70. The number of ether oxygens (including phenoxy) is 4. The van der Waals surface area contributed by atoms with Crippen molar-refractivity contribution in [2.45, 2.75) is 280 Å². The van der Waals surface area contributed by atoms with Gasteiger partial charge in [-0.25, -0.2) is 0 Å². The van der Waals surface area contributed by atoms with Crippen molar-refractivity contribution < 1.29 is 64.6 Å². The number of amides is 1. The zero-order valence-corrected chi connectivity index (χ0v) is 40.0. The van der Waals surface area contributed by atoms with Crippen molar-refractivity contribution in [1.29, 1.82) is 0 Å². The van der Waals surface area contributed by atoms with Crippen LogP contribution in [0.4, 0.5) is 0 Å². The molecule has 14 nitrogen and oxygen atoms in total. The van der Waals surface area contributed by atoms with Crippen LogP contribution in [0.5, 0.6) is 0 Å². The Bertz CT molecular complexity index is 1130. The molecule has 0 bridgehead atoms. The molecular weight excluding hydrogens is 823 g/mol. The van der Waals surface area contributed by atoms with Crippen molar-refractivity contribution in [2.75, 3.05) is 19.8 Å². The molecule has 0 saturated carbocycles. The molecule has 0 aromatic rings. The summed E-state index contributed by atoms with van der Waals surface area (Å²) in [6.07, 6.45) is 22.4. The summed E-state index contributed by atoms with van der Waals surface area (Å²) in [6, 6.07) is -0.907. The third-order valence-electron chi connectivity index (χ3n) is 13.0. The van der Waals surface area contributed by atoms with Crippen LogP contribution in [0.15, 0.2) is 12.2 Å². The van der Waals surface area contributed by atoms with Gasteiger partial charge in [-0.15, -0.1) is 0 Å². The van der Waals surface area contributed by atoms with Gasteiger partial charge in [0, 0.05) is 6.42 Å². The van der Waals surface area contributed by atoms with Crippen LogP contribution in [0.1, 0.15) is 206 Å². The molecule has 378 valence electrons. The molecule has 2 fully saturated rings. The summed E-state index contributed by atoms with van der Waals surface area (Å²) in [6.45, 7) is 2.79. The Morgan fingerprint density at radius 1 is 0.547 bits per heavy atom. The molecule has 2 aliphatic heterocycles. The van der Waals surface area contributed by atoms with E-state index in [0.29, 0.717) is 6.42 Å². The first-order valence-electron chi connectivity index (χ1n) is 25.9. The number of carbonyl (C=O) groups excluding carboxylic acids is 1. The summed E-state index contributed by atoms with van der Waals surface area (Å²) in [5.74, 6) is -0.237. The van der Waals surface area contributed by atoms with E-state index in [2.05, 4.69) is 19.2 Å². The van der Waals surface area contributed by atoms with Gasteiger partial charge in [-0.3, -0.25) is 4.79 Å². The van der Waals surface area contributed by atoms with E-state index in [0.717, 1.165) is 38.5 Å². The summed E-state index contributed by atoms with van der Waals surface area (Å²) in [4.78, 5) is 13.2. The third-order valence-corrected chi connectivity index (χ3v) is 13.0. The van der Waals surface area contributed by atoms with Crippen molar-refractivity contribution in [1.82, 2.24) is 5.32 Å². The Morgan fingerprint density at radius 3 is 1.44 bits per heavy atom. The molecule has 0 unspecified atom stereocenters. The Labute approximate surface area is 386 Å². The molecule has 0 radical (unpaired) electrons. The number of aliphatic hydroxyl groups is 8. The van der Waals surface area contributed by atoms with Gasteiger partial charge in [-0.2, -0.15) is 0 Å². The molecule has 9 N–H and O–H groups in total. The Hall–Kier alpha value is -1.27. The van der Waals surface area contributed by atoms with Gasteiger partial charge in [0.25, 0.3) is 0 Å². The maximum atomic E-state index is 13.2. The molecule has 2 aliphatic rings. The van der Waals surface area contributed by atoms with Gasteiger partial charge >= 0.3 is 0 Å². The zero-order valence-electron chi connectivity index (χ0n) is 40.0. The van der Waals surface area contributed by atoms with Crippen molar-refractivity contribution >= 4 is 5.91 Å². The second-order valence-electron chi connectivity index (χ2n) is 18.7. The average molecular weight is 918 g/mol. The lowest BCUT2D eigenvalue weighted by molar-refractivity contribution is -0.359. The zero-order chi connectivity index (χ0) is 46.8. The van der Waals surface area contributed by atoms with E-state index in [1.807, 2.05) is 6.08 Å². The molecule has 1 amide bonds. The minimum Gasteiger partial charge on any atom is -0.394 e. The molecule has 14 heteroatoms. The molecule has 0 spiro atoms. The second-order valence-corrected chi connectivity index (χ2v) is 18.7. The first-order chi connectivity index (χ1) is 31.1.